The van der Waals surface area contributed by atoms with Crippen molar-refractivity contribution in [2.45, 2.75) is 18.4 Å². The molecule has 1 aliphatic heterocycles. The maximum Gasteiger partial charge on any atom is 0.286 e. The van der Waals surface area contributed by atoms with Gasteiger partial charge in [-0.1, -0.05) is 41.4 Å². The van der Waals surface area contributed by atoms with Gasteiger partial charge in [-0.2, -0.15) is 8.42 Å². The average Bonchev–Trinajstić information content (AvgIpc) is 2.74. The highest BCUT2D eigenvalue weighted by atomic mass is 79.9. The molecular formula is C22H17BrCl2N2O4S. The van der Waals surface area contributed by atoms with Gasteiger partial charge in [0.25, 0.3) is 10.0 Å². The van der Waals surface area contributed by atoms with Gasteiger partial charge in [0.05, 0.1) is 16.8 Å². The summed E-state index contributed by atoms with van der Waals surface area (Å²) in [6.07, 6.45) is 0. The number of hydrogen-bond acceptors (Lipinski definition) is 5. The van der Waals surface area contributed by atoms with Crippen LogP contribution < -0.4 is 14.8 Å². The third-order valence-corrected chi connectivity index (χ3v) is 7.27. The van der Waals surface area contributed by atoms with Crippen LogP contribution in [0.15, 0.2) is 68.4 Å². The van der Waals surface area contributed by atoms with Crippen LogP contribution >= 0.6 is 39.1 Å². The first-order valence-electron chi connectivity index (χ1n) is 9.53. The number of benzene rings is 3. The van der Waals surface area contributed by atoms with E-state index in [2.05, 4.69) is 25.6 Å². The first-order chi connectivity index (χ1) is 15.3. The molecule has 10 heteroatoms. The molecule has 3 aromatic carbocycles. The van der Waals surface area contributed by atoms with Gasteiger partial charge in [0.1, 0.15) is 11.5 Å². The minimum Gasteiger partial charge on any atom is -0.490 e. The van der Waals surface area contributed by atoms with Crippen molar-refractivity contribution in [2.75, 3.05) is 11.9 Å². The summed E-state index contributed by atoms with van der Waals surface area (Å²) in [6, 6.07) is 15.2. The number of para-hydroxylation sites is 1. The molecule has 0 spiro atoms. The van der Waals surface area contributed by atoms with Gasteiger partial charge in [0, 0.05) is 21.2 Å². The molecule has 1 N–H and O–H groups in total. The molecule has 0 bridgehead atoms. The molecule has 0 aromatic heterocycles. The zero-order valence-corrected chi connectivity index (χ0v) is 20.6. The summed E-state index contributed by atoms with van der Waals surface area (Å²) < 4.78 is 41.5. The molecule has 0 fully saturated rings. The summed E-state index contributed by atoms with van der Waals surface area (Å²) in [5.41, 5.74) is 1.62. The van der Waals surface area contributed by atoms with Gasteiger partial charge >= 0.3 is 0 Å². The van der Waals surface area contributed by atoms with Crippen molar-refractivity contribution in [3.05, 3.63) is 80.2 Å². The lowest BCUT2D eigenvalue weighted by atomic mass is 10.1. The maximum atomic E-state index is 12.6. The van der Waals surface area contributed by atoms with E-state index in [4.69, 9.17) is 32.7 Å². The molecule has 6 nitrogen and oxygen atoms in total. The van der Waals surface area contributed by atoms with E-state index < -0.39 is 10.0 Å². The Morgan fingerprint density at radius 2 is 1.75 bits per heavy atom. The van der Waals surface area contributed by atoms with E-state index in [0.29, 0.717) is 49.4 Å². The topological polar surface area (TPSA) is 77.0 Å². The highest BCUT2D eigenvalue weighted by Gasteiger charge is 2.26. The SMILES string of the molecule is CCOc1cc(C2=NS(=O)(=O)c3ccccc3N2)cc(Br)c1OCc1c(Cl)cccc1Cl. The minimum atomic E-state index is -3.83. The third-order valence-electron chi connectivity index (χ3n) is 4.63. The molecule has 32 heavy (non-hydrogen) atoms. The summed E-state index contributed by atoms with van der Waals surface area (Å²) in [5, 5.41) is 4.06. The fraction of sp³-hybridized carbons (Fsp3) is 0.136. The number of rotatable bonds is 6. The van der Waals surface area contributed by atoms with Crippen molar-refractivity contribution in [1.29, 1.82) is 0 Å². The molecular weight excluding hydrogens is 539 g/mol. The maximum absolute atomic E-state index is 12.6. The van der Waals surface area contributed by atoms with Crippen LogP contribution in [0.25, 0.3) is 0 Å². The number of fused-ring (bicyclic) bond motifs is 1. The van der Waals surface area contributed by atoms with Crippen LogP contribution in [0.2, 0.25) is 10.0 Å². The Bertz CT molecular complexity index is 1310. The van der Waals surface area contributed by atoms with Crippen LogP contribution in [-0.2, 0) is 16.6 Å². The van der Waals surface area contributed by atoms with Crippen molar-refractivity contribution in [3.63, 3.8) is 0 Å². The molecule has 166 valence electrons. The van der Waals surface area contributed by atoms with E-state index >= 15 is 0 Å². The van der Waals surface area contributed by atoms with Gasteiger partial charge in [0.2, 0.25) is 0 Å². The van der Waals surface area contributed by atoms with Gasteiger partial charge in [-0.3, -0.25) is 0 Å². The zero-order valence-electron chi connectivity index (χ0n) is 16.7. The zero-order chi connectivity index (χ0) is 22.9. The Labute approximate surface area is 204 Å². The van der Waals surface area contributed by atoms with Crippen LogP contribution in [0.1, 0.15) is 18.1 Å². The summed E-state index contributed by atoms with van der Waals surface area (Å²) in [6.45, 7) is 2.34. The molecule has 3 aromatic rings. The molecule has 1 heterocycles. The fourth-order valence-electron chi connectivity index (χ4n) is 3.16. The molecule has 0 radical (unpaired) electrons. The predicted octanol–water partition coefficient (Wildman–Crippen LogP) is 6.29. The van der Waals surface area contributed by atoms with Crippen molar-refractivity contribution in [3.8, 4) is 11.5 Å². The molecule has 0 unspecified atom stereocenters. The van der Waals surface area contributed by atoms with Gasteiger partial charge in [-0.15, -0.1) is 4.40 Å². The smallest absolute Gasteiger partial charge is 0.286 e. The summed E-state index contributed by atoms with van der Waals surface area (Å²) in [5.74, 6) is 1.04. The first kappa shape index (κ1) is 22.9. The van der Waals surface area contributed by atoms with E-state index in [1.807, 2.05) is 6.92 Å². The summed E-state index contributed by atoms with van der Waals surface area (Å²) >= 11 is 16.0. The third kappa shape index (κ3) is 4.59. The van der Waals surface area contributed by atoms with Gasteiger partial charge in [-0.25, -0.2) is 0 Å². The predicted molar refractivity (Wildman–Crippen MR) is 130 cm³/mol. The highest BCUT2D eigenvalue weighted by molar-refractivity contribution is 9.10. The Kier molecular flexibility index (Phi) is 6.67. The largest absolute Gasteiger partial charge is 0.490 e. The Hall–Kier alpha value is -2.26. The number of amidine groups is 1. The van der Waals surface area contributed by atoms with Gasteiger partial charge in [-0.05, 0) is 59.3 Å². The molecule has 4 rings (SSSR count). The van der Waals surface area contributed by atoms with Crippen LogP contribution in [0, 0.1) is 0 Å². The normalized spacial score (nSPS) is 14.2. The quantitative estimate of drug-likeness (QED) is 0.386. The second-order valence-corrected chi connectivity index (χ2v) is 9.98. The Morgan fingerprint density at radius 3 is 2.47 bits per heavy atom. The molecule has 1 aliphatic rings. The van der Waals surface area contributed by atoms with Crippen LogP contribution in [0.5, 0.6) is 11.5 Å². The summed E-state index contributed by atoms with van der Waals surface area (Å²) in [7, 11) is -3.83. The van der Waals surface area contributed by atoms with Crippen LogP contribution in [0.4, 0.5) is 5.69 Å². The van der Waals surface area contributed by atoms with Crippen molar-refractivity contribution in [2.24, 2.45) is 4.40 Å². The van der Waals surface area contributed by atoms with Crippen LogP contribution in [-0.4, -0.2) is 20.9 Å². The average molecular weight is 556 g/mol. The number of halogens is 3. The highest BCUT2D eigenvalue weighted by Crippen LogP contribution is 2.39. The van der Waals surface area contributed by atoms with E-state index in [0.717, 1.165) is 0 Å². The van der Waals surface area contributed by atoms with Crippen molar-refractivity contribution in [1.82, 2.24) is 0 Å². The fourth-order valence-corrected chi connectivity index (χ4v) is 5.36. The summed E-state index contributed by atoms with van der Waals surface area (Å²) in [4.78, 5) is 0.129. The van der Waals surface area contributed by atoms with Crippen molar-refractivity contribution < 1.29 is 17.9 Å². The first-order valence-corrected chi connectivity index (χ1v) is 12.5. The minimum absolute atomic E-state index is 0.122. The molecule has 0 amide bonds. The Balaban J connectivity index is 1.70. The lowest BCUT2D eigenvalue weighted by molar-refractivity contribution is 0.267. The molecule has 0 saturated heterocycles. The number of hydrogen-bond donors (Lipinski definition) is 1. The molecule has 0 aliphatic carbocycles. The number of ether oxygens (including phenoxy) is 2. The number of nitrogens with one attached hydrogen (secondary N) is 1. The lowest BCUT2D eigenvalue weighted by Gasteiger charge is -2.20. The number of sulfonamides is 1. The second-order valence-electron chi connectivity index (χ2n) is 6.74. The molecule has 0 atom stereocenters. The van der Waals surface area contributed by atoms with Gasteiger partial charge in [0.15, 0.2) is 17.3 Å². The Morgan fingerprint density at radius 1 is 1.03 bits per heavy atom. The van der Waals surface area contributed by atoms with Crippen molar-refractivity contribution >= 4 is 60.7 Å². The van der Waals surface area contributed by atoms with Gasteiger partial charge < -0.3 is 14.8 Å². The standard InChI is InChI=1S/C22H17BrCl2N2O4S/c1-2-30-19-11-13(22-26-18-8-3-4-9-20(18)32(28,29)27-22)10-15(23)21(19)31-12-14-16(24)6-5-7-17(14)25/h3-11H,2,12H2,1H3,(H,26,27). The van der Waals surface area contributed by atoms with E-state index in [9.17, 15) is 8.42 Å². The van der Waals surface area contributed by atoms with E-state index in [1.165, 1.54) is 6.07 Å². The monoisotopic (exact) mass is 554 g/mol. The number of nitrogens with zero attached hydrogens (tertiary/aromatic N) is 1. The number of anilines is 1. The molecule has 0 saturated carbocycles. The second kappa shape index (κ2) is 9.31. The van der Waals surface area contributed by atoms with Crippen LogP contribution in [0.3, 0.4) is 0 Å². The lowest BCUT2D eigenvalue weighted by Crippen LogP contribution is -2.22. The van der Waals surface area contributed by atoms with E-state index in [1.54, 1.807) is 48.5 Å². The van der Waals surface area contributed by atoms with E-state index in [-0.39, 0.29) is 17.3 Å².